The van der Waals surface area contributed by atoms with Gasteiger partial charge in [-0.15, -0.1) is 11.3 Å². The maximum absolute atomic E-state index is 5.62. The molecule has 1 aromatic carbocycles. The van der Waals surface area contributed by atoms with Crippen molar-refractivity contribution >= 4 is 11.3 Å². The summed E-state index contributed by atoms with van der Waals surface area (Å²) in [5.74, 6) is 1.53. The maximum atomic E-state index is 5.62. The fourth-order valence-corrected chi connectivity index (χ4v) is 2.99. The van der Waals surface area contributed by atoms with Crippen molar-refractivity contribution in [3.8, 4) is 22.1 Å². The summed E-state index contributed by atoms with van der Waals surface area (Å²) in [6, 6.07) is 6.68. The fourth-order valence-electron chi connectivity index (χ4n) is 2.13. The van der Waals surface area contributed by atoms with Crippen LogP contribution >= 0.6 is 11.3 Å². The molecule has 5 heteroatoms. The van der Waals surface area contributed by atoms with Gasteiger partial charge in [0.25, 0.3) is 0 Å². The molecule has 1 aromatic heterocycles. The lowest BCUT2D eigenvalue weighted by molar-refractivity contribution is 0.311. The molecule has 0 spiro atoms. The van der Waals surface area contributed by atoms with Gasteiger partial charge in [0.05, 0.1) is 13.7 Å². The molecule has 21 heavy (non-hydrogen) atoms. The minimum absolute atomic E-state index is 0.619. The molecule has 2 aromatic rings. The van der Waals surface area contributed by atoms with Crippen molar-refractivity contribution in [1.82, 2.24) is 10.3 Å². The lowest BCUT2D eigenvalue weighted by Crippen LogP contribution is -2.14. The van der Waals surface area contributed by atoms with E-state index in [1.165, 1.54) is 17.7 Å². The molecular formula is C16H20N2O2S. The SMILES string of the molecule is CCOc1cc(-c2ncc(CNC3CC3)s2)ccc1OC. The van der Waals surface area contributed by atoms with Crippen molar-refractivity contribution < 1.29 is 9.47 Å². The highest BCUT2D eigenvalue weighted by Gasteiger charge is 2.20. The lowest BCUT2D eigenvalue weighted by atomic mass is 10.2. The highest BCUT2D eigenvalue weighted by Crippen LogP contribution is 2.34. The molecule has 1 N–H and O–H groups in total. The third-order valence-electron chi connectivity index (χ3n) is 3.41. The normalized spacial score (nSPS) is 14.2. The first-order valence-corrected chi connectivity index (χ1v) is 8.11. The van der Waals surface area contributed by atoms with Gasteiger partial charge in [0.1, 0.15) is 5.01 Å². The number of thiazole rings is 1. The van der Waals surface area contributed by atoms with E-state index >= 15 is 0 Å². The van der Waals surface area contributed by atoms with Crippen LogP contribution in [0, 0.1) is 0 Å². The Kier molecular flexibility index (Phi) is 4.41. The van der Waals surface area contributed by atoms with Gasteiger partial charge in [-0.2, -0.15) is 0 Å². The highest BCUT2D eigenvalue weighted by atomic mass is 32.1. The van der Waals surface area contributed by atoms with Gasteiger partial charge in [0.2, 0.25) is 0 Å². The minimum Gasteiger partial charge on any atom is -0.493 e. The van der Waals surface area contributed by atoms with Gasteiger partial charge < -0.3 is 14.8 Å². The first kappa shape index (κ1) is 14.4. The van der Waals surface area contributed by atoms with E-state index in [1.807, 2.05) is 31.3 Å². The Morgan fingerprint density at radius 3 is 2.90 bits per heavy atom. The number of methoxy groups -OCH3 is 1. The van der Waals surface area contributed by atoms with E-state index in [1.54, 1.807) is 18.4 Å². The Labute approximate surface area is 129 Å². The molecule has 0 unspecified atom stereocenters. The Bertz CT molecular complexity index is 608. The van der Waals surface area contributed by atoms with Gasteiger partial charge in [-0.1, -0.05) is 0 Å². The van der Waals surface area contributed by atoms with Crippen LogP contribution in [0.3, 0.4) is 0 Å². The number of benzene rings is 1. The number of hydrogen-bond acceptors (Lipinski definition) is 5. The standard InChI is InChI=1S/C16H20N2O2S/c1-3-20-15-8-11(4-7-14(15)19-2)16-18-10-13(21-16)9-17-12-5-6-12/h4,7-8,10,12,17H,3,5-6,9H2,1-2H3. The van der Waals surface area contributed by atoms with E-state index in [4.69, 9.17) is 9.47 Å². The number of nitrogens with zero attached hydrogens (tertiary/aromatic N) is 1. The quantitative estimate of drug-likeness (QED) is 0.850. The molecule has 1 fully saturated rings. The molecule has 0 amide bonds. The van der Waals surface area contributed by atoms with Crippen LogP contribution in [0.1, 0.15) is 24.6 Å². The molecule has 1 heterocycles. The average Bonchev–Trinajstić information content (AvgIpc) is 3.22. The number of hydrogen-bond donors (Lipinski definition) is 1. The Morgan fingerprint density at radius 2 is 2.19 bits per heavy atom. The van der Waals surface area contributed by atoms with Gasteiger partial charge in [-0.25, -0.2) is 4.98 Å². The Balaban J connectivity index is 1.77. The number of aromatic nitrogens is 1. The molecule has 1 aliphatic carbocycles. The molecule has 112 valence electrons. The van der Waals surface area contributed by atoms with E-state index < -0.39 is 0 Å². The topological polar surface area (TPSA) is 43.4 Å². The molecule has 1 saturated carbocycles. The number of nitrogens with one attached hydrogen (secondary N) is 1. The molecule has 0 saturated heterocycles. The zero-order chi connectivity index (χ0) is 14.7. The van der Waals surface area contributed by atoms with Crippen molar-refractivity contribution in [3.05, 3.63) is 29.3 Å². The predicted octanol–water partition coefficient (Wildman–Crippen LogP) is 3.47. The molecule has 0 bridgehead atoms. The van der Waals surface area contributed by atoms with Crippen molar-refractivity contribution in [1.29, 1.82) is 0 Å². The van der Waals surface area contributed by atoms with E-state index in [0.29, 0.717) is 6.61 Å². The second-order valence-corrected chi connectivity index (χ2v) is 6.20. The molecule has 0 aliphatic heterocycles. The molecule has 1 aliphatic rings. The van der Waals surface area contributed by atoms with Gasteiger partial charge in [0, 0.05) is 29.2 Å². The lowest BCUT2D eigenvalue weighted by Gasteiger charge is -2.10. The number of ether oxygens (including phenoxy) is 2. The largest absolute Gasteiger partial charge is 0.493 e. The summed E-state index contributed by atoms with van der Waals surface area (Å²) in [5.41, 5.74) is 1.07. The number of rotatable bonds is 7. The minimum atomic E-state index is 0.619. The summed E-state index contributed by atoms with van der Waals surface area (Å²) >= 11 is 1.73. The first-order valence-electron chi connectivity index (χ1n) is 7.29. The van der Waals surface area contributed by atoms with Crippen LogP contribution in [0.5, 0.6) is 11.5 Å². The summed E-state index contributed by atoms with van der Waals surface area (Å²) in [5, 5.41) is 4.53. The zero-order valence-corrected chi connectivity index (χ0v) is 13.2. The monoisotopic (exact) mass is 304 g/mol. The molecule has 0 atom stereocenters. The third kappa shape index (κ3) is 3.54. The van der Waals surface area contributed by atoms with Crippen LogP contribution in [-0.2, 0) is 6.54 Å². The van der Waals surface area contributed by atoms with E-state index in [0.717, 1.165) is 34.7 Å². The predicted molar refractivity (Wildman–Crippen MR) is 85.1 cm³/mol. The summed E-state index contributed by atoms with van der Waals surface area (Å²) in [6.45, 7) is 3.50. The summed E-state index contributed by atoms with van der Waals surface area (Å²) in [6.07, 6.45) is 4.57. The summed E-state index contributed by atoms with van der Waals surface area (Å²) in [7, 11) is 1.66. The second-order valence-electron chi connectivity index (χ2n) is 5.09. The van der Waals surface area contributed by atoms with Crippen molar-refractivity contribution in [2.24, 2.45) is 0 Å². The van der Waals surface area contributed by atoms with Gasteiger partial charge in [-0.05, 0) is 38.0 Å². The third-order valence-corrected chi connectivity index (χ3v) is 4.45. The van der Waals surface area contributed by atoms with Crippen LogP contribution < -0.4 is 14.8 Å². The zero-order valence-electron chi connectivity index (χ0n) is 12.4. The van der Waals surface area contributed by atoms with E-state index in [9.17, 15) is 0 Å². The highest BCUT2D eigenvalue weighted by molar-refractivity contribution is 7.15. The van der Waals surface area contributed by atoms with Gasteiger partial charge >= 0.3 is 0 Å². The second kappa shape index (κ2) is 6.45. The van der Waals surface area contributed by atoms with Crippen molar-refractivity contribution in [2.75, 3.05) is 13.7 Å². The molecule has 0 radical (unpaired) electrons. The Morgan fingerprint density at radius 1 is 1.33 bits per heavy atom. The molecule has 4 nitrogen and oxygen atoms in total. The smallest absolute Gasteiger partial charge is 0.161 e. The van der Waals surface area contributed by atoms with Crippen LogP contribution in [0.2, 0.25) is 0 Å². The Hall–Kier alpha value is -1.59. The summed E-state index contributed by atoms with van der Waals surface area (Å²) < 4.78 is 10.9. The average molecular weight is 304 g/mol. The summed E-state index contributed by atoms with van der Waals surface area (Å²) in [4.78, 5) is 5.79. The first-order chi connectivity index (χ1) is 10.3. The molecule has 3 rings (SSSR count). The van der Waals surface area contributed by atoms with Gasteiger partial charge in [-0.3, -0.25) is 0 Å². The van der Waals surface area contributed by atoms with E-state index in [2.05, 4.69) is 10.3 Å². The van der Waals surface area contributed by atoms with Crippen LogP contribution in [0.25, 0.3) is 10.6 Å². The van der Waals surface area contributed by atoms with E-state index in [-0.39, 0.29) is 0 Å². The van der Waals surface area contributed by atoms with Gasteiger partial charge in [0.15, 0.2) is 11.5 Å². The fraction of sp³-hybridized carbons (Fsp3) is 0.438. The maximum Gasteiger partial charge on any atom is 0.161 e. The van der Waals surface area contributed by atoms with Crippen LogP contribution in [-0.4, -0.2) is 24.7 Å². The van der Waals surface area contributed by atoms with Crippen molar-refractivity contribution in [2.45, 2.75) is 32.4 Å². The van der Waals surface area contributed by atoms with Crippen LogP contribution in [0.15, 0.2) is 24.4 Å². The molecular weight excluding hydrogens is 284 g/mol. The van der Waals surface area contributed by atoms with Crippen LogP contribution in [0.4, 0.5) is 0 Å². The van der Waals surface area contributed by atoms with Crippen molar-refractivity contribution in [3.63, 3.8) is 0 Å².